The third-order valence-electron chi connectivity index (χ3n) is 3.01. The number of methoxy groups -OCH3 is 1. The lowest BCUT2D eigenvalue weighted by Gasteiger charge is -2.13. The van der Waals surface area contributed by atoms with Crippen LogP contribution < -0.4 is 9.47 Å². The summed E-state index contributed by atoms with van der Waals surface area (Å²) in [4.78, 5) is 0. The highest BCUT2D eigenvalue weighted by molar-refractivity contribution is 6.32. The van der Waals surface area contributed by atoms with E-state index in [4.69, 9.17) is 32.7 Å². The first kappa shape index (κ1) is 15.0. The van der Waals surface area contributed by atoms with Crippen molar-refractivity contribution in [2.75, 3.05) is 7.11 Å². The molecule has 0 N–H and O–H groups in total. The lowest BCUT2D eigenvalue weighted by atomic mass is 10.1. The van der Waals surface area contributed by atoms with Crippen LogP contribution in [0.2, 0.25) is 5.02 Å². The third-order valence-corrected chi connectivity index (χ3v) is 3.61. The van der Waals surface area contributed by atoms with Gasteiger partial charge in [0.1, 0.15) is 5.75 Å². The van der Waals surface area contributed by atoms with Crippen molar-refractivity contribution in [2.24, 2.45) is 0 Å². The first-order valence-electron chi connectivity index (χ1n) is 6.37. The second kappa shape index (κ2) is 6.87. The highest BCUT2D eigenvalue weighted by Crippen LogP contribution is 2.36. The highest BCUT2D eigenvalue weighted by Gasteiger charge is 2.09. The van der Waals surface area contributed by atoms with Crippen LogP contribution in [0, 0.1) is 0 Å². The van der Waals surface area contributed by atoms with E-state index in [1.807, 2.05) is 30.3 Å². The minimum atomic E-state index is 0.425. The average Bonchev–Trinajstić information content (AvgIpc) is 2.49. The van der Waals surface area contributed by atoms with Gasteiger partial charge in [0.25, 0.3) is 0 Å². The van der Waals surface area contributed by atoms with Crippen molar-refractivity contribution >= 4 is 23.2 Å². The molecule has 2 rings (SSSR count). The van der Waals surface area contributed by atoms with E-state index in [2.05, 4.69) is 6.92 Å². The van der Waals surface area contributed by atoms with Gasteiger partial charge in [-0.2, -0.15) is 0 Å². The van der Waals surface area contributed by atoms with Gasteiger partial charge in [-0.3, -0.25) is 0 Å². The van der Waals surface area contributed by atoms with E-state index < -0.39 is 0 Å². The van der Waals surface area contributed by atoms with Crippen molar-refractivity contribution in [3.05, 3.63) is 52.5 Å². The Morgan fingerprint density at radius 3 is 2.25 bits per heavy atom. The molecule has 4 heteroatoms. The summed E-state index contributed by atoms with van der Waals surface area (Å²) in [5, 5.41) is 0.532. The van der Waals surface area contributed by atoms with Gasteiger partial charge in [-0.25, -0.2) is 0 Å². The maximum atomic E-state index is 6.19. The normalized spacial score (nSPS) is 10.4. The lowest BCUT2D eigenvalue weighted by molar-refractivity contribution is 0.378. The lowest BCUT2D eigenvalue weighted by Crippen LogP contribution is -1.93. The second-order valence-corrected chi connectivity index (χ2v) is 5.01. The predicted molar refractivity (Wildman–Crippen MR) is 83.5 cm³/mol. The monoisotopic (exact) mass is 310 g/mol. The molecule has 0 spiro atoms. The van der Waals surface area contributed by atoms with Gasteiger partial charge in [-0.15, -0.1) is 11.6 Å². The van der Waals surface area contributed by atoms with E-state index in [0.29, 0.717) is 28.2 Å². The van der Waals surface area contributed by atoms with E-state index in [1.54, 1.807) is 13.2 Å². The van der Waals surface area contributed by atoms with Crippen LogP contribution in [0.5, 0.6) is 17.2 Å². The fraction of sp³-hybridized carbons (Fsp3) is 0.250. The molecule has 0 saturated carbocycles. The van der Waals surface area contributed by atoms with Gasteiger partial charge in [-0.1, -0.05) is 30.7 Å². The average molecular weight is 311 g/mol. The summed E-state index contributed by atoms with van der Waals surface area (Å²) in [6, 6.07) is 11.4. The number of aryl methyl sites for hydroxylation is 1. The molecular weight excluding hydrogens is 295 g/mol. The Morgan fingerprint density at radius 2 is 1.65 bits per heavy atom. The Morgan fingerprint density at radius 1 is 0.950 bits per heavy atom. The predicted octanol–water partition coefficient (Wildman–Crippen LogP) is 5.44. The summed E-state index contributed by atoms with van der Waals surface area (Å²) in [6.45, 7) is 2.09. The van der Waals surface area contributed by atoms with Crippen LogP contribution in [-0.2, 0) is 12.3 Å². The highest BCUT2D eigenvalue weighted by atomic mass is 35.5. The summed E-state index contributed by atoms with van der Waals surface area (Å²) in [6.07, 6.45) is 0.946. The molecule has 2 aromatic carbocycles. The molecule has 0 aromatic heterocycles. The van der Waals surface area contributed by atoms with Gasteiger partial charge in [0.15, 0.2) is 11.5 Å². The van der Waals surface area contributed by atoms with Crippen LogP contribution in [0.3, 0.4) is 0 Å². The molecule has 0 atom stereocenters. The third kappa shape index (κ3) is 3.38. The van der Waals surface area contributed by atoms with E-state index in [1.165, 1.54) is 5.56 Å². The summed E-state index contributed by atoms with van der Waals surface area (Å²) in [5.41, 5.74) is 2.15. The summed E-state index contributed by atoms with van der Waals surface area (Å²) < 4.78 is 11.2. The fourth-order valence-corrected chi connectivity index (χ4v) is 2.25. The molecule has 0 aliphatic carbocycles. The van der Waals surface area contributed by atoms with Crippen LogP contribution >= 0.6 is 23.2 Å². The number of benzene rings is 2. The van der Waals surface area contributed by atoms with Gasteiger partial charge >= 0.3 is 0 Å². The maximum absolute atomic E-state index is 6.19. The number of ether oxygens (including phenoxy) is 2. The van der Waals surface area contributed by atoms with Crippen LogP contribution in [0.25, 0.3) is 0 Å². The molecule has 0 fully saturated rings. The molecule has 0 radical (unpaired) electrons. The minimum Gasteiger partial charge on any atom is -0.493 e. The van der Waals surface area contributed by atoms with Crippen molar-refractivity contribution in [2.45, 2.75) is 19.2 Å². The topological polar surface area (TPSA) is 18.5 Å². The maximum Gasteiger partial charge on any atom is 0.169 e. The molecule has 0 bridgehead atoms. The number of hydrogen-bond acceptors (Lipinski definition) is 2. The van der Waals surface area contributed by atoms with Crippen molar-refractivity contribution in [3.8, 4) is 17.2 Å². The Hall–Kier alpha value is -1.38. The van der Waals surface area contributed by atoms with E-state index in [-0.39, 0.29) is 0 Å². The SMILES string of the molecule is CCc1ccc(Oc2ccc(CCl)cc2Cl)c(OC)c1. The number of rotatable bonds is 5. The summed E-state index contributed by atoms with van der Waals surface area (Å²) in [5.74, 6) is 2.35. The zero-order chi connectivity index (χ0) is 14.5. The van der Waals surface area contributed by atoms with Gasteiger partial charge in [0.05, 0.1) is 12.1 Å². The Kier molecular flexibility index (Phi) is 5.16. The molecule has 0 heterocycles. The van der Waals surface area contributed by atoms with Crippen molar-refractivity contribution in [1.82, 2.24) is 0 Å². The number of alkyl halides is 1. The largest absolute Gasteiger partial charge is 0.493 e. The van der Waals surface area contributed by atoms with Gasteiger partial charge in [0.2, 0.25) is 0 Å². The van der Waals surface area contributed by atoms with Gasteiger partial charge in [-0.05, 0) is 41.8 Å². The number of halogens is 2. The molecule has 0 saturated heterocycles. The Bertz CT molecular complexity index is 597. The van der Waals surface area contributed by atoms with Gasteiger partial charge in [0, 0.05) is 5.88 Å². The standard InChI is InChI=1S/C16H16Cl2O2/c1-3-11-4-7-15(16(9-11)19-2)20-14-6-5-12(10-17)8-13(14)18/h4-9H,3,10H2,1-2H3. The Labute approximate surface area is 129 Å². The van der Waals surface area contributed by atoms with E-state index in [0.717, 1.165) is 12.0 Å². The molecule has 0 aliphatic heterocycles. The van der Waals surface area contributed by atoms with Crippen LogP contribution in [0.4, 0.5) is 0 Å². The first-order valence-corrected chi connectivity index (χ1v) is 7.28. The molecule has 106 valence electrons. The van der Waals surface area contributed by atoms with Crippen LogP contribution in [0.1, 0.15) is 18.1 Å². The van der Waals surface area contributed by atoms with Crippen LogP contribution in [0.15, 0.2) is 36.4 Å². The molecule has 2 nitrogen and oxygen atoms in total. The molecule has 0 aliphatic rings. The summed E-state index contributed by atoms with van der Waals surface area (Å²) in [7, 11) is 1.62. The zero-order valence-electron chi connectivity index (χ0n) is 11.5. The van der Waals surface area contributed by atoms with E-state index in [9.17, 15) is 0 Å². The Balaban J connectivity index is 2.29. The van der Waals surface area contributed by atoms with Gasteiger partial charge < -0.3 is 9.47 Å². The molecule has 0 unspecified atom stereocenters. The van der Waals surface area contributed by atoms with Crippen molar-refractivity contribution < 1.29 is 9.47 Å². The number of hydrogen-bond donors (Lipinski definition) is 0. The van der Waals surface area contributed by atoms with Crippen molar-refractivity contribution in [1.29, 1.82) is 0 Å². The summed E-state index contributed by atoms with van der Waals surface area (Å²) >= 11 is 12.0. The molecule has 2 aromatic rings. The smallest absolute Gasteiger partial charge is 0.169 e. The zero-order valence-corrected chi connectivity index (χ0v) is 13.0. The first-order chi connectivity index (χ1) is 9.67. The van der Waals surface area contributed by atoms with Crippen molar-refractivity contribution in [3.63, 3.8) is 0 Å². The second-order valence-electron chi connectivity index (χ2n) is 4.34. The molecular formula is C16H16Cl2O2. The van der Waals surface area contributed by atoms with Crippen LogP contribution in [-0.4, -0.2) is 7.11 Å². The molecule has 0 amide bonds. The molecule has 20 heavy (non-hydrogen) atoms. The fourth-order valence-electron chi connectivity index (χ4n) is 1.84. The quantitative estimate of drug-likeness (QED) is 0.684. The van der Waals surface area contributed by atoms with E-state index >= 15 is 0 Å². The minimum absolute atomic E-state index is 0.425.